The van der Waals surface area contributed by atoms with E-state index in [1.807, 2.05) is 0 Å². The van der Waals surface area contributed by atoms with Gasteiger partial charge in [-0.1, -0.05) is 149 Å². The molecule has 0 bridgehead atoms. The van der Waals surface area contributed by atoms with Crippen LogP contribution in [0.4, 0.5) is 0 Å². The molecule has 0 aliphatic carbocycles. The van der Waals surface area contributed by atoms with E-state index in [0.717, 1.165) is 37.2 Å². The molecule has 2 atom stereocenters. The maximum atomic E-state index is 6.93. The molecule has 13 heteroatoms. The van der Waals surface area contributed by atoms with Crippen LogP contribution in [0.25, 0.3) is 0 Å². The highest BCUT2D eigenvalue weighted by Crippen LogP contribution is 2.51. The normalized spacial score (nSPS) is 17.5. The van der Waals surface area contributed by atoms with Crippen LogP contribution in [0.3, 0.4) is 0 Å². The molecule has 0 aliphatic heterocycles. The molecule has 2 nitrogen and oxygen atoms in total. The zero-order valence-electron chi connectivity index (χ0n) is 38.0. The average Bonchev–Trinajstić information content (AvgIpc) is 2.90. The van der Waals surface area contributed by atoms with Crippen molar-refractivity contribution >= 4 is 104 Å². The predicted octanol–water partition coefficient (Wildman–Crippen LogP) is 15.6. The minimum Gasteiger partial charge on any atom is -0.345 e. The Morgan fingerprint density at radius 2 is 0.627 bits per heavy atom. The SMILES string of the molecule is CC(CCCN([Si](C)(C)C(C)(C)C)[Si](C)(C)C(C)(C)C)(CCSCCC(C)(CCCN([Si](C)(C)C(C)(C)C)[Si](C)(C)C(C)(C)C)[SiH](Cl)Cl)[SiH](Cl)Cl. The largest absolute Gasteiger partial charge is 0.345 e. The van der Waals surface area contributed by atoms with E-state index in [4.69, 9.17) is 44.3 Å². The van der Waals surface area contributed by atoms with E-state index in [1.165, 1.54) is 25.9 Å². The summed E-state index contributed by atoms with van der Waals surface area (Å²) in [5.74, 6) is 2.20. The van der Waals surface area contributed by atoms with Crippen molar-refractivity contribution < 1.29 is 0 Å². The molecular weight excluding hydrogens is 827 g/mol. The van der Waals surface area contributed by atoms with Crippen molar-refractivity contribution in [3.05, 3.63) is 0 Å². The van der Waals surface area contributed by atoms with Gasteiger partial charge in [0, 0.05) is 0 Å². The van der Waals surface area contributed by atoms with Crippen LogP contribution in [0.1, 0.15) is 135 Å². The average molecular weight is 916 g/mol. The molecule has 2 unspecified atom stereocenters. The summed E-state index contributed by atoms with van der Waals surface area (Å²) in [7, 11) is -10.6. The summed E-state index contributed by atoms with van der Waals surface area (Å²) in [6.45, 7) is 57.5. The molecule has 0 saturated heterocycles. The van der Waals surface area contributed by atoms with E-state index >= 15 is 0 Å². The van der Waals surface area contributed by atoms with Gasteiger partial charge in [0.15, 0.2) is 0 Å². The Kier molecular flexibility index (Phi) is 20.2. The molecule has 0 aromatic heterocycles. The van der Waals surface area contributed by atoms with Crippen LogP contribution in [0.15, 0.2) is 0 Å². The quantitative estimate of drug-likeness (QED) is 0.0683. The van der Waals surface area contributed by atoms with E-state index in [9.17, 15) is 0 Å². The highest BCUT2D eigenvalue weighted by atomic mass is 35.7. The summed E-state index contributed by atoms with van der Waals surface area (Å²) in [6, 6.07) is 0. The first-order valence-electron chi connectivity index (χ1n) is 20.0. The van der Waals surface area contributed by atoms with Crippen molar-refractivity contribution in [1.29, 1.82) is 0 Å². The van der Waals surface area contributed by atoms with Gasteiger partial charge < -0.3 is 8.46 Å². The minimum absolute atomic E-state index is 0.0408. The molecule has 0 aliphatic rings. The van der Waals surface area contributed by atoms with Crippen LogP contribution < -0.4 is 0 Å². The molecule has 0 aromatic rings. The molecule has 0 radical (unpaired) electrons. The van der Waals surface area contributed by atoms with Crippen LogP contribution in [0.5, 0.6) is 0 Å². The third-order valence-electron chi connectivity index (χ3n) is 15.0. The van der Waals surface area contributed by atoms with E-state index < -0.39 is 47.8 Å². The highest BCUT2D eigenvalue weighted by Gasteiger charge is 2.53. The number of hydrogen-bond donors (Lipinski definition) is 0. The molecule has 308 valence electrons. The van der Waals surface area contributed by atoms with Gasteiger partial charge in [0.25, 0.3) is 0 Å². The lowest BCUT2D eigenvalue weighted by Gasteiger charge is -2.57. The summed E-state index contributed by atoms with van der Waals surface area (Å²) in [5.41, 5.74) is 0. The Labute approximate surface area is 352 Å². The molecule has 51 heavy (non-hydrogen) atoms. The van der Waals surface area contributed by atoms with Crippen LogP contribution in [-0.4, -0.2) is 80.8 Å². The Hall–Kier alpha value is 2.73. The van der Waals surface area contributed by atoms with Gasteiger partial charge in [0.1, 0.15) is 32.9 Å². The Balaban J connectivity index is 5.63. The second-order valence-electron chi connectivity index (χ2n) is 22.8. The van der Waals surface area contributed by atoms with Gasteiger partial charge in [-0.05, 0) is 93.3 Å². The molecule has 0 rings (SSSR count). The Bertz CT molecular complexity index is 931. The number of nitrogens with zero attached hydrogens (tertiary/aromatic N) is 2. The number of hydrogen-bond acceptors (Lipinski definition) is 3. The fourth-order valence-corrected chi connectivity index (χ4v) is 34.2. The maximum absolute atomic E-state index is 6.93. The summed E-state index contributed by atoms with van der Waals surface area (Å²) in [4.78, 5) is 0. The van der Waals surface area contributed by atoms with Crippen molar-refractivity contribution in [2.24, 2.45) is 0 Å². The Morgan fingerprint density at radius 3 is 0.804 bits per heavy atom. The smallest absolute Gasteiger partial charge is 0.242 e. The van der Waals surface area contributed by atoms with E-state index in [1.54, 1.807) is 0 Å². The molecular formula is C38H88Cl4N2SSi6. The van der Waals surface area contributed by atoms with Crippen molar-refractivity contribution in [2.75, 3.05) is 24.6 Å². The summed E-state index contributed by atoms with van der Waals surface area (Å²) >= 11 is 29.8. The van der Waals surface area contributed by atoms with Crippen LogP contribution >= 0.6 is 56.1 Å². The fraction of sp³-hybridized carbons (Fsp3) is 1.00. The second kappa shape index (κ2) is 19.2. The molecule has 0 spiro atoms. The van der Waals surface area contributed by atoms with Gasteiger partial charge >= 0.3 is 0 Å². The fourth-order valence-electron chi connectivity index (χ4n) is 6.82. The first-order chi connectivity index (χ1) is 22.3. The minimum atomic E-state index is -1.89. The number of rotatable bonds is 20. The molecule has 0 heterocycles. The van der Waals surface area contributed by atoms with Crippen LogP contribution in [0, 0.1) is 0 Å². The van der Waals surface area contributed by atoms with Crippen LogP contribution in [-0.2, 0) is 0 Å². The first-order valence-corrected chi connectivity index (χ1v) is 41.0. The van der Waals surface area contributed by atoms with Gasteiger partial charge in [-0.2, -0.15) is 11.8 Å². The monoisotopic (exact) mass is 912 g/mol. The maximum Gasteiger partial charge on any atom is 0.242 e. The molecule has 0 saturated carbocycles. The summed E-state index contributed by atoms with van der Waals surface area (Å²) in [5, 5.41) is 1.34. The highest BCUT2D eigenvalue weighted by molar-refractivity contribution is 7.99. The third-order valence-corrected chi connectivity index (χ3v) is 53.2. The van der Waals surface area contributed by atoms with Gasteiger partial charge in [-0.3, -0.25) is 0 Å². The van der Waals surface area contributed by atoms with E-state index in [-0.39, 0.29) is 10.1 Å². The second-order valence-corrected chi connectivity index (χ2v) is 56.1. The van der Waals surface area contributed by atoms with Gasteiger partial charge in [0.05, 0.1) is 0 Å². The van der Waals surface area contributed by atoms with Crippen LogP contribution in [0.2, 0.25) is 82.6 Å². The lowest BCUT2D eigenvalue weighted by molar-refractivity contribution is 0.449. The molecule has 0 aromatic carbocycles. The van der Waals surface area contributed by atoms with Crippen molar-refractivity contribution in [1.82, 2.24) is 8.46 Å². The summed E-state index contributed by atoms with van der Waals surface area (Å²) < 4.78 is 6.12. The molecule has 0 N–H and O–H groups in total. The van der Waals surface area contributed by atoms with Crippen molar-refractivity contribution in [3.8, 4) is 0 Å². The van der Waals surface area contributed by atoms with Crippen molar-refractivity contribution in [2.45, 2.75) is 218 Å². The number of halogens is 4. The van der Waals surface area contributed by atoms with Gasteiger partial charge in [0.2, 0.25) is 14.8 Å². The van der Waals surface area contributed by atoms with Crippen molar-refractivity contribution in [3.63, 3.8) is 0 Å². The van der Waals surface area contributed by atoms with E-state index in [2.05, 4.69) is 170 Å². The predicted molar refractivity (Wildman–Crippen MR) is 262 cm³/mol. The zero-order chi connectivity index (χ0) is 41.1. The third kappa shape index (κ3) is 13.9. The molecule has 0 fully saturated rings. The Morgan fingerprint density at radius 1 is 0.412 bits per heavy atom. The molecule has 0 amide bonds. The van der Waals surface area contributed by atoms with Gasteiger partial charge in [-0.15, -0.1) is 44.3 Å². The lowest BCUT2D eigenvalue weighted by atomic mass is 10.0. The lowest BCUT2D eigenvalue weighted by Crippen LogP contribution is -2.68. The topological polar surface area (TPSA) is 6.48 Å². The standard InChI is InChI=1S/C38H88Cl4N2SSi6/c1-33(2,3)48(15,16)43(49(17,18)34(4,5)6)29-23-25-37(13,46(39)40)27-31-45-32-28-38(14,47(41)42)26-24-30-44(50(19,20)35(7,8)9)51(21,22)36(10,11)12/h46-47H,23-32H2,1-22H3. The zero-order valence-corrected chi connectivity index (χ0v) is 48.2. The van der Waals surface area contributed by atoms with Gasteiger partial charge in [-0.25, -0.2) is 0 Å². The number of thioether (sulfide) groups is 1. The van der Waals surface area contributed by atoms with E-state index in [0.29, 0.717) is 20.2 Å². The summed E-state index contributed by atoms with van der Waals surface area (Å²) in [6.07, 6.45) is 6.77. The first kappa shape index (κ1) is 53.7.